The van der Waals surface area contributed by atoms with Gasteiger partial charge in [0.25, 0.3) is 0 Å². The Morgan fingerprint density at radius 1 is 1.32 bits per heavy atom. The number of hydrogen-bond acceptors (Lipinski definition) is 5. The van der Waals surface area contributed by atoms with Crippen LogP contribution in [0.15, 0.2) is 10.6 Å². The minimum absolute atomic E-state index is 0.149. The van der Waals surface area contributed by atoms with Crippen LogP contribution >= 0.6 is 0 Å². The number of aliphatic hydroxyl groups is 1. The Morgan fingerprint density at radius 2 is 2.08 bits per heavy atom. The van der Waals surface area contributed by atoms with Gasteiger partial charge in [-0.15, -0.1) is 0 Å². The lowest BCUT2D eigenvalue weighted by Gasteiger charge is -2.18. The molecule has 0 radical (unpaired) electrons. The third kappa shape index (κ3) is 5.54. The number of likely N-dealkylation sites (tertiary alicyclic amines) is 1. The molecule has 0 bridgehead atoms. The molecule has 140 valence electrons. The second-order valence-electron chi connectivity index (χ2n) is 7.73. The number of rotatable bonds is 6. The standard InChI is InChI=1S/C19H31N3O3/c1-14-10-17(25-21-14)11-15-12-22(13-18(15)23)9-8-19(24)20-16-6-4-2-3-5-7-16/h10,15-16,18,23H,2-9,11-13H2,1H3,(H,20,24)/t15-,18+/m1/s1. The van der Waals surface area contributed by atoms with Gasteiger partial charge in [0, 0.05) is 50.5 Å². The zero-order valence-corrected chi connectivity index (χ0v) is 15.2. The second kappa shape index (κ2) is 8.81. The molecule has 2 atom stereocenters. The van der Waals surface area contributed by atoms with E-state index in [9.17, 15) is 9.90 Å². The summed E-state index contributed by atoms with van der Waals surface area (Å²) in [6, 6.07) is 2.29. The highest BCUT2D eigenvalue weighted by molar-refractivity contribution is 5.76. The van der Waals surface area contributed by atoms with Gasteiger partial charge in [0.2, 0.25) is 5.91 Å². The molecule has 1 aliphatic heterocycles. The van der Waals surface area contributed by atoms with Gasteiger partial charge in [-0.05, 0) is 19.8 Å². The summed E-state index contributed by atoms with van der Waals surface area (Å²) < 4.78 is 5.26. The first-order valence-electron chi connectivity index (χ1n) is 9.72. The van der Waals surface area contributed by atoms with Crippen molar-refractivity contribution in [2.75, 3.05) is 19.6 Å². The summed E-state index contributed by atoms with van der Waals surface area (Å²) in [6.45, 7) is 4.05. The number of nitrogens with zero attached hydrogens (tertiary/aromatic N) is 2. The van der Waals surface area contributed by atoms with Crippen molar-refractivity contribution in [1.82, 2.24) is 15.4 Å². The fourth-order valence-corrected chi connectivity index (χ4v) is 4.08. The zero-order chi connectivity index (χ0) is 17.6. The van der Waals surface area contributed by atoms with Gasteiger partial charge in [-0.3, -0.25) is 9.69 Å². The summed E-state index contributed by atoms with van der Waals surface area (Å²) in [4.78, 5) is 14.4. The van der Waals surface area contributed by atoms with Crippen LogP contribution in [0.4, 0.5) is 0 Å². The maximum Gasteiger partial charge on any atom is 0.221 e. The first-order chi connectivity index (χ1) is 12.1. The van der Waals surface area contributed by atoms with E-state index in [0.717, 1.165) is 30.8 Å². The zero-order valence-electron chi connectivity index (χ0n) is 15.2. The van der Waals surface area contributed by atoms with E-state index in [1.54, 1.807) is 0 Å². The Labute approximate surface area is 149 Å². The molecule has 1 aromatic heterocycles. The van der Waals surface area contributed by atoms with Gasteiger partial charge in [-0.25, -0.2) is 0 Å². The molecule has 0 spiro atoms. The number of carbonyl (C=O) groups is 1. The molecule has 1 amide bonds. The van der Waals surface area contributed by atoms with E-state index in [1.807, 2.05) is 13.0 Å². The molecule has 3 rings (SSSR count). The first kappa shape index (κ1) is 18.4. The molecule has 25 heavy (non-hydrogen) atoms. The van der Waals surface area contributed by atoms with E-state index in [-0.39, 0.29) is 17.9 Å². The Balaban J connectivity index is 1.39. The predicted molar refractivity (Wildman–Crippen MR) is 95.1 cm³/mol. The minimum Gasteiger partial charge on any atom is -0.391 e. The summed E-state index contributed by atoms with van der Waals surface area (Å²) in [5.41, 5.74) is 0.870. The van der Waals surface area contributed by atoms with Crippen LogP contribution in [0.2, 0.25) is 0 Å². The molecule has 0 aromatic carbocycles. The third-order valence-electron chi connectivity index (χ3n) is 5.50. The number of nitrogens with one attached hydrogen (secondary N) is 1. The van der Waals surface area contributed by atoms with Gasteiger partial charge in [-0.1, -0.05) is 30.8 Å². The SMILES string of the molecule is Cc1cc(C[C@@H]2CN(CCC(=O)NC3CCCCCC3)C[C@@H]2O)on1. The van der Waals surface area contributed by atoms with E-state index in [1.165, 1.54) is 25.7 Å². The van der Waals surface area contributed by atoms with Crippen LogP contribution in [0.25, 0.3) is 0 Å². The van der Waals surface area contributed by atoms with E-state index >= 15 is 0 Å². The highest BCUT2D eigenvalue weighted by Crippen LogP contribution is 2.22. The average Bonchev–Trinajstić information content (AvgIpc) is 3.03. The largest absolute Gasteiger partial charge is 0.391 e. The topological polar surface area (TPSA) is 78.6 Å². The number of hydrogen-bond donors (Lipinski definition) is 2. The number of carbonyl (C=O) groups excluding carboxylic acids is 1. The highest BCUT2D eigenvalue weighted by Gasteiger charge is 2.32. The molecule has 2 N–H and O–H groups in total. The van der Waals surface area contributed by atoms with Crippen molar-refractivity contribution < 1.29 is 14.4 Å². The molecular formula is C19H31N3O3. The highest BCUT2D eigenvalue weighted by atomic mass is 16.5. The number of β-amino-alcohol motifs (C(OH)–C–C–N with tert-alkyl or cyclic N) is 1. The van der Waals surface area contributed by atoms with Crippen LogP contribution in [-0.2, 0) is 11.2 Å². The number of amides is 1. The molecule has 1 aromatic rings. The van der Waals surface area contributed by atoms with Crippen molar-refractivity contribution in [3.8, 4) is 0 Å². The average molecular weight is 349 g/mol. The summed E-state index contributed by atoms with van der Waals surface area (Å²) in [7, 11) is 0. The summed E-state index contributed by atoms with van der Waals surface area (Å²) in [6.07, 6.45) is 8.13. The van der Waals surface area contributed by atoms with Gasteiger partial charge < -0.3 is 14.9 Å². The summed E-state index contributed by atoms with van der Waals surface area (Å²) >= 11 is 0. The maximum absolute atomic E-state index is 12.2. The van der Waals surface area contributed by atoms with Crippen LogP contribution in [0.1, 0.15) is 56.4 Å². The molecule has 2 fully saturated rings. The van der Waals surface area contributed by atoms with Crippen molar-refractivity contribution in [3.05, 3.63) is 17.5 Å². The summed E-state index contributed by atoms with van der Waals surface area (Å²) in [5, 5.41) is 17.4. The van der Waals surface area contributed by atoms with Crippen molar-refractivity contribution in [3.63, 3.8) is 0 Å². The Bertz CT molecular complexity index is 552. The van der Waals surface area contributed by atoms with E-state index in [4.69, 9.17) is 4.52 Å². The maximum atomic E-state index is 12.2. The van der Waals surface area contributed by atoms with Crippen LogP contribution in [0, 0.1) is 12.8 Å². The van der Waals surface area contributed by atoms with Gasteiger partial charge in [0.1, 0.15) is 5.76 Å². The molecule has 0 unspecified atom stereocenters. The lowest BCUT2D eigenvalue weighted by molar-refractivity contribution is -0.122. The first-order valence-corrected chi connectivity index (χ1v) is 9.72. The molecule has 6 nitrogen and oxygen atoms in total. The predicted octanol–water partition coefficient (Wildman–Crippen LogP) is 2.05. The van der Waals surface area contributed by atoms with Crippen molar-refractivity contribution in [2.24, 2.45) is 5.92 Å². The van der Waals surface area contributed by atoms with Gasteiger partial charge in [0.05, 0.1) is 11.8 Å². The lowest BCUT2D eigenvalue weighted by atomic mass is 10.0. The molecule has 2 aliphatic rings. The Morgan fingerprint density at radius 3 is 2.76 bits per heavy atom. The summed E-state index contributed by atoms with van der Waals surface area (Å²) in [5.74, 6) is 1.13. The molecular weight excluding hydrogens is 318 g/mol. The van der Waals surface area contributed by atoms with E-state index < -0.39 is 0 Å². The minimum atomic E-state index is -0.365. The van der Waals surface area contributed by atoms with E-state index in [0.29, 0.717) is 32.0 Å². The quantitative estimate of drug-likeness (QED) is 0.769. The third-order valence-corrected chi connectivity index (χ3v) is 5.50. The lowest BCUT2D eigenvalue weighted by Crippen LogP contribution is -2.36. The van der Waals surface area contributed by atoms with Crippen molar-refractivity contribution in [1.29, 1.82) is 0 Å². The molecule has 2 heterocycles. The smallest absolute Gasteiger partial charge is 0.221 e. The van der Waals surface area contributed by atoms with Crippen LogP contribution in [0.5, 0.6) is 0 Å². The van der Waals surface area contributed by atoms with Crippen LogP contribution in [-0.4, -0.2) is 52.9 Å². The Kier molecular flexibility index (Phi) is 6.48. The molecule has 1 saturated heterocycles. The number of aliphatic hydroxyl groups excluding tert-OH is 1. The molecule has 6 heteroatoms. The molecule has 1 saturated carbocycles. The van der Waals surface area contributed by atoms with Crippen LogP contribution in [0.3, 0.4) is 0 Å². The van der Waals surface area contributed by atoms with Crippen molar-refractivity contribution >= 4 is 5.91 Å². The second-order valence-corrected chi connectivity index (χ2v) is 7.73. The van der Waals surface area contributed by atoms with E-state index in [2.05, 4.69) is 15.4 Å². The van der Waals surface area contributed by atoms with Crippen molar-refractivity contribution in [2.45, 2.75) is 70.4 Å². The Hall–Kier alpha value is -1.40. The van der Waals surface area contributed by atoms with Gasteiger partial charge >= 0.3 is 0 Å². The fourth-order valence-electron chi connectivity index (χ4n) is 4.08. The normalized spacial score (nSPS) is 25.8. The number of aromatic nitrogens is 1. The monoisotopic (exact) mass is 349 g/mol. The van der Waals surface area contributed by atoms with Gasteiger partial charge in [0.15, 0.2) is 0 Å². The fraction of sp³-hybridized carbons (Fsp3) is 0.789. The van der Waals surface area contributed by atoms with Gasteiger partial charge in [-0.2, -0.15) is 0 Å². The number of aryl methyl sites for hydroxylation is 1. The molecule has 1 aliphatic carbocycles. The van der Waals surface area contributed by atoms with Crippen LogP contribution < -0.4 is 5.32 Å².